The third-order valence-corrected chi connectivity index (χ3v) is 4.67. The van der Waals surface area contributed by atoms with Gasteiger partial charge in [0.05, 0.1) is 19.4 Å². The van der Waals surface area contributed by atoms with Crippen LogP contribution in [0.15, 0.2) is 23.2 Å². The van der Waals surface area contributed by atoms with Crippen LogP contribution in [0.3, 0.4) is 0 Å². The first-order valence-corrected chi connectivity index (χ1v) is 11.1. The average Bonchev–Trinajstić information content (AvgIpc) is 2.62. The second-order valence-corrected chi connectivity index (χ2v) is 8.81. The number of nitrogens with zero attached hydrogens (tertiary/aromatic N) is 1. The Morgan fingerprint density at radius 1 is 1.27 bits per heavy atom. The van der Waals surface area contributed by atoms with Crippen LogP contribution in [0.1, 0.15) is 25.8 Å². The molecular weight excluding hydrogens is 538 g/mol. The quantitative estimate of drug-likeness (QED) is 0.257. The van der Waals surface area contributed by atoms with E-state index >= 15 is 0 Å². The van der Waals surface area contributed by atoms with E-state index in [9.17, 15) is 21.6 Å². The van der Waals surface area contributed by atoms with Crippen molar-refractivity contribution < 1.29 is 31.1 Å². The van der Waals surface area contributed by atoms with Crippen LogP contribution in [-0.2, 0) is 16.4 Å². The van der Waals surface area contributed by atoms with E-state index in [-0.39, 0.29) is 53.8 Å². The number of nitrogens with one attached hydrogen (secondary N) is 2. The zero-order chi connectivity index (χ0) is 22.1. The van der Waals surface area contributed by atoms with Gasteiger partial charge in [-0.3, -0.25) is 0 Å². The van der Waals surface area contributed by atoms with E-state index in [1.54, 1.807) is 12.1 Å². The van der Waals surface area contributed by atoms with E-state index < -0.39 is 22.6 Å². The predicted molar refractivity (Wildman–Crippen MR) is 122 cm³/mol. The summed E-state index contributed by atoms with van der Waals surface area (Å²) in [5, 5.41) is 6.20. The van der Waals surface area contributed by atoms with Crippen molar-refractivity contribution in [3.05, 3.63) is 23.8 Å². The number of hydrogen-bond donors (Lipinski definition) is 2. The summed E-state index contributed by atoms with van der Waals surface area (Å²) in [4.78, 5) is 4.43. The first-order chi connectivity index (χ1) is 13.4. The summed E-state index contributed by atoms with van der Waals surface area (Å²) >= 11 is 0. The molecule has 0 saturated carbocycles. The van der Waals surface area contributed by atoms with Crippen LogP contribution in [0.5, 0.6) is 11.5 Å². The topological polar surface area (TPSA) is 89.0 Å². The maximum absolute atomic E-state index is 12.3. The van der Waals surface area contributed by atoms with Gasteiger partial charge in [0.1, 0.15) is 9.84 Å². The van der Waals surface area contributed by atoms with Gasteiger partial charge in [0, 0.05) is 18.8 Å². The highest BCUT2D eigenvalue weighted by Crippen LogP contribution is 2.30. The summed E-state index contributed by atoms with van der Waals surface area (Å²) in [6.45, 7) is 3.20. The van der Waals surface area contributed by atoms with Gasteiger partial charge in [0.15, 0.2) is 24.1 Å². The van der Waals surface area contributed by atoms with Gasteiger partial charge < -0.3 is 20.1 Å². The van der Waals surface area contributed by atoms with Gasteiger partial charge in [-0.25, -0.2) is 13.4 Å². The van der Waals surface area contributed by atoms with Crippen LogP contribution in [0, 0.1) is 0 Å². The number of aliphatic imine (C=N–C) groups is 1. The fourth-order valence-corrected chi connectivity index (χ4v) is 3.06. The molecule has 30 heavy (non-hydrogen) atoms. The number of guanidine groups is 1. The minimum Gasteiger partial charge on any atom is -0.493 e. The third kappa shape index (κ3) is 12.3. The molecule has 1 rings (SSSR count). The molecule has 174 valence electrons. The van der Waals surface area contributed by atoms with Gasteiger partial charge in [-0.1, -0.05) is 6.07 Å². The van der Waals surface area contributed by atoms with Crippen molar-refractivity contribution in [3.63, 3.8) is 0 Å². The molecule has 0 bridgehead atoms. The number of hydrogen-bond acceptors (Lipinski definition) is 5. The van der Waals surface area contributed by atoms with E-state index in [1.165, 1.54) is 19.4 Å². The Kier molecular flexibility index (Phi) is 12.4. The number of benzene rings is 1. The first kappa shape index (κ1) is 28.6. The lowest BCUT2D eigenvalue weighted by atomic mass is 10.2. The maximum atomic E-state index is 12.3. The van der Waals surface area contributed by atoms with Gasteiger partial charge in [-0.2, -0.15) is 13.2 Å². The Labute approximate surface area is 192 Å². The van der Waals surface area contributed by atoms with Gasteiger partial charge in [0.25, 0.3) is 0 Å². The summed E-state index contributed by atoms with van der Waals surface area (Å²) in [6, 6.07) is 4.46. The molecule has 2 N–H and O–H groups in total. The van der Waals surface area contributed by atoms with Crippen LogP contribution in [-0.4, -0.2) is 58.9 Å². The van der Waals surface area contributed by atoms with E-state index in [4.69, 9.17) is 9.47 Å². The molecule has 12 heteroatoms. The Morgan fingerprint density at radius 2 is 1.93 bits per heavy atom. The van der Waals surface area contributed by atoms with Crippen molar-refractivity contribution in [1.82, 2.24) is 10.6 Å². The lowest BCUT2D eigenvalue weighted by molar-refractivity contribution is -0.153. The monoisotopic (exact) mass is 567 g/mol. The molecule has 0 spiro atoms. The van der Waals surface area contributed by atoms with Crippen LogP contribution < -0.4 is 20.1 Å². The largest absolute Gasteiger partial charge is 0.493 e. The van der Waals surface area contributed by atoms with Gasteiger partial charge >= 0.3 is 6.18 Å². The molecule has 7 nitrogen and oxygen atoms in total. The highest BCUT2D eigenvalue weighted by Gasteiger charge is 2.29. The number of rotatable bonds is 10. The molecule has 0 aliphatic rings. The zero-order valence-corrected chi connectivity index (χ0v) is 20.5. The zero-order valence-electron chi connectivity index (χ0n) is 17.4. The standard InChI is InChI=1S/C18H28F3N3O4S.HI/c1-5-22-17(24-13(2)8-9-29(4,25)26)23-11-14-6-7-15(16(10-14)27-3)28-12-18(19,20)21;/h6-7,10,13H,5,8-9,11-12H2,1-4H3,(H2,22,23,24);1H. The summed E-state index contributed by atoms with van der Waals surface area (Å²) in [5.41, 5.74) is 0.710. The molecule has 0 fully saturated rings. The number of halogens is 4. The molecule has 0 aromatic heterocycles. The van der Waals surface area contributed by atoms with E-state index in [1.807, 2.05) is 13.8 Å². The molecule has 1 atom stereocenters. The van der Waals surface area contributed by atoms with Crippen molar-refractivity contribution in [1.29, 1.82) is 0 Å². The first-order valence-electron chi connectivity index (χ1n) is 9.02. The van der Waals surface area contributed by atoms with Crippen molar-refractivity contribution in [3.8, 4) is 11.5 Å². The van der Waals surface area contributed by atoms with Crippen LogP contribution in [0.4, 0.5) is 13.2 Å². The SMILES string of the molecule is CCNC(=NCc1ccc(OCC(F)(F)F)c(OC)c1)NC(C)CCS(C)(=O)=O.I. The maximum Gasteiger partial charge on any atom is 0.422 e. The number of ether oxygens (including phenoxy) is 2. The van der Waals surface area contributed by atoms with E-state index in [0.717, 1.165) is 0 Å². The second kappa shape index (κ2) is 13.1. The summed E-state index contributed by atoms with van der Waals surface area (Å²) in [5.74, 6) is 0.750. The summed E-state index contributed by atoms with van der Waals surface area (Å²) in [7, 11) is -1.70. The minimum atomic E-state index is -4.44. The molecule has 0 saturated heterocycles. The molecule has 0 radical (unpaired) electrons. The fraction of sp³-hybridized carbons (Fsp3) is 0.611. The molecule has 1 unspecified atom stereocenters. The smallest absolute Gasteiger partial charge is 0.422 e. The predicted octanol–water partition coefficient (Wildman–Crippen LogP) is 3.13. The third-order valence-electron chi connectivity index (χ3n) is 3.69. The van der Waals surface area contributed by atoms with E-state index in [2.05, 4.69) is 15.6 Å². The molecule has 0 aliphatic carbocycles. The lowest BCUT2D eigenvalue weighted by Crippen LogP contribution is -2.42. The Morgan fingerprint density at radius 3 is 2.47 bits per heavy atom. The van der Waals surface area contributed by atoms with Crippen molar-refractivity contribution >= 4 is 39.8 Å². The van der Waals surface area contributed by atoms with Crippen LogP contribution in [0.25, 0.3) is 0 Å². The number of alkyl halides is 3. The molecule has 0 amide bonds. The second-order valence-electron chi connectivity index (χ2n) is 6.55. The van der Waals surface area contributed by atoms with Crippen molar-refractivity contribution in [2.45, 2.75) is 39.0 Å². The van der Waals surface area contributed by atoms with Gasteiger partial charge in [0.2, 0.25) is 0 Å². The highest BCUT2D eigenvalue weighted by atomic mass is 127. The average molecular weight is 567 g/mol. The normalized spacial score (nSPS) is 13.2. The van der Waals surface area contributed by atoms with Gasteiger partial charge in [-0.15, -0.1) is 24.0 Å². The Bertz CT molecular complexity index is 789. The Balaban J connectivity index is 0.00000841. The molecule has 1 aromatic rings. The number of methoxy groups -OCH3 is 1. The molecular formula is C18H29F3IN3O4S. The van der Waals surface area contributed by atoms with E-state index in [0.29, 0.717) is 24.5 Å². The summed E-state index contributed by atoms with van der Waals surface area (Å²) in [6.07, 6.45) is -2.81. The summed E-state index contributed by atoms with van der Waals surface area (Å²) < 4.78 is 69.4. The van der Waals surface area contributed by atoms with Crippen molar-refractivity contribution in [2.24, 2.45) is 4.99 Å². The van der Waals surface area contributed by atoms with Gasteiger partial charge in [-0.05, 0) is 38.0 Å². The Hall–Kier alpha value is -1.44. The van der Waals surface area contributed by atoms with Crippen LogP contribution in [0.2, 0.25) is 0 Å². The minimum absolute atomic E-state index is 0. The van der Waals surface area contributed by atoms with Crippen LogP contribution >= 0.6 is 24.0 Å². The number of sulfone groups is 1. The molecule has 1 aromatic carbocycles. The molecule has 0 aliphatic heterocycles. The highest BCUT2D eigenvalue weighted by molar-refractivity contribution is 14.0. The van der Waals surface area contributed by atoms with Crippen molar-refractivity contribution in [2.75, 3.05) is 32.3 Å². The fourth-order valence-electron chi connectivity index (χ4n) is 2.28. The lowest BCUT2D eigenvalue weighted by Gasteiger charge is -2.17. The molecule has 0 heterocycles.